The second kappa shape index (κ2) is 5.87. The van der Waals surface area contributed by atoms with Gasteiger partial charge in [-0.3, -0.25) is 9.69 Å². The first kappa shape index (κ1) is 15.1. The molecule has 0 spiro atoms. The van der Waals surface area contributed by atoms with Gasteiger partial charge in [-0.1, -0.05) is 30.3 Å². The fourth-order valence-corrected chi connectivity index (χ4v) is 4.55. The minimum atomic E-state index is -0.394. The van der Waals surface area contributed by atoms with Crippen molar-refractivity contribution in [2.45, 2.75) is 11.4 Å². The smallest absolute Gasteiger partial charge is 0.333 e. The minimum absolute atomic E-state index is 0.115. The molecule has 2 aliphatic rings. The Bertz CT molecular complexity index is 779. The molecule has 2 fully saturated rings. The molecule has 0 aliphatic carbocycles. The number of urea groups is 1. The first-order valence-electron chi connectivity index (χ1n) is 7.67. The number of nitrogens with zero attached hydrogens (tertiary/aromatic N) is 2. The van der Waals surface area contributed by atoms with Crippen LogP contribution in [-0.4, -0.2) is 35.7 Å². The highest BCUT2D eigenvalue weighted by atomic mass is 32.2. The van der Waals surface area contributed by atoms with Crippen molar-refractivity contribution in [3.63, 3.8) is 0 Å². The van der Waals surface area contributed by atoms with Crippen LogP contribution in [0, 0.1) is 0 Å². The Morgan fingerprint density at radius 2 is 1.75 bits per heavy atom. The van der Waals surface area contributed by atoms with Crippen molar-refractivity contribution in [3.05, 3.63) is 60.2 Å². The van der Waals surface area contributed by atoms with E-state index in [0.717, 1.165) is 5.56 Å². The van der Waals surface area contributed by atoms with E-state index in [2.05, 4.69) is 0 Å². The van der Waals surface area contributed by atoms with Crippen molar-refractivity contribution < 1.29 is 14.3 Å². The number of ether oxygens (including phenoxy) is 1. The lowest BCUT2D eigenvalue weighted by atomic mass is 10.2. The minimum Gasteiger partial charge on any atom is -0.497 e. The lowest BCUT2D eigenvalue weighted by Gasteiger charge is -2.23. The maximum Gasteiger partial charge on any atom is 0.333 e. The Morgan fingerprint density at radius 1 is 1.04 bits per heavy atom. The molecule has 122 valence electrons. The van der Waals surface area contributed by atoms with Crippen LogP contribution in [0.4, 0.5) is 10.5 Å². The van der Waals surface area contributed by atoms with Gasteiger partial charge in [0.05, 0.1) is 12.8 Å². The quantitative estimate of drug-likeness (QED) is 0.805. The maximum atomic E-state index is 12.9. The molecule has 2 aliphatic heterocycles. The summed E-state index contributed by atoms with van der Waals surface area (Å²) in [7, 11) is 1.58. The molecular weight excluding hydrogens is 324 g/mol. The number of amides is 3. The summed E-state index contributed by atoms with van der Waals surface area (Å²) in [6.07, 6.45) is 0. The number of fused-ring (bicyclic) bond motifs is 1. The van der Waals surface area contributed by atoms with E-state index in [9.17, 15) is 9.59 Å². The van der Waals surface area contributed by atoms with Gasteiger partial charge in [0, 0.05) is 5.75 Å². The fraction of sp³-hybridized carbons (Fsp3) is 0.222. The molecule has 0 saturated carbocycles. The molecule has 0 aromatic heterocycles. The first-order chi connectivity index (χ1) is 11.7. The van der Waals surface area contributed by atoms with Crippen LogP contribution < -0.4 is 9.64 Å². The number of anilines is 1. The molecule has 24 heavy (non-hydrogen) atoms. The molecule has 2 aromatic carbocycles. The molecular formula is C18H16N2O3S. The van der Waals surface area contributed by atoms with Gasteiger partial charge in [0.25, 0.3) is 5.91 Å². The number of thioether (sulfide) groups is 1. The van der Waals surface area contributed by atoms with E-state index in [-0.39, 0.29) is 17.3 Å². The Kier molecular flexibility index (Phi) is 3.69. The number of imide groups is 1. The van der Waals surface area contributed by atoms with E-state index in [1.54, 1.807) is 48.0 Å². The maximum absolute atomic E-state index is 12.9. The third kappa shape index (κ3) is 2.26. The number of methoxy groups -OCH3 is 1. The second-order valence-corrected chi connectivity index (χ2v) is 6.79. The van der Waals surface area contributed by atoms with Crippen LogP contribution in [0.2, 0.25) is 0 Å². The molecule has 0 radical (unpaired) electrons. The van der Waals surface area contributed by atoms with Crippen LogP contribution in [-0.2, 0) is 4.79 Å². The van der Waals surface area contributed by atoms with Gasteiger partial charge in [0.2, 0.25) is 0 Å². The predicted molar refractivity (Wildman–Crippen MR) is 93.1 cm³/mol. The van der Waals surface area contributed by atoms with Crippen LogP contribution >= 0.6 is 11.8 Å². The second-order valence-electron chi connectivity index (χ2n) is 5.67. The first-order valence-corrected chi connectivity index (χ1v) is 8.72. The highest BCUT2D eigenvalue weighted by Crippen LogP contribution is 2.45. The van der Waals surface area contributed by atoms with Crippen molar-refractivity contribution in [3.8, 4) is 5.75 Å². The molecule has 0 bridgehead atoms. The van der Waals surface area contributed by atoms with E-state index in [1.807, 2.05) is 30.3 Å². The summed E-state index contributed by atoms with van der Waals surface area (Å²) in [5, 5.41) is -0.115. The van der Waals surface area contributed by atoms with Crippen molar-refractivity contribution in [2.75, 3.05) is 17.8 Å². The summed E-state index contributed by atoms with van der Waals surface area (Å²) in [4.78, 5) is 28.6. The molecule has 5 nitrogen and oxygen atoms in total. The Hall–Kier alpha value is -2.47. The zero-order chi connectivity index (χ0) is 16.7. The molecule has 2 saturated heterocycles. The number of carbonyl (C=O) groups excluding carboxylic acids is 2. The zero-order valence-corrected chi connectivity index (χ0v) is 13.9. The Balaban J connectivity index is 1.66. The largest absolute Gasteiger partial charge is 0.497 e. The van der Waals surface area contributed by atoms with Gasteiger partial charge >= 0.3 is 6.03 Å². The lowest BCUT2D eigenvalue weighted by molar-refractivity contribution is -0.119. The number of rotatable bonds is 3. The van der Waals surface area contributed by atoms with Gasteiger partial charge in [0.15, 0.2) is 0 Å². The summed E-state index contributed by atoms with van der Waals surface area (Å²) in [6.45, 7) is 0. The third-order valence-electron chi connectivity index (χ3n) is 4.33. The Morgan fingerprint density at radius 3 is 2.42 bits per heavy atom. The van der Waals surface area contributed by atoms with E-state index >= 15 is 0 Å². The highest BCUT2D eigenvalue weighted by molar-refractivity contribution is 7.99. The lowest BCUT2D eigenvalue weighted by Crippen LogP contribution is -2.33. The van der Waals surface area contributed by atoms with Gasteiger partial charge in [-0.2, -0.15) is 0 Å². The average molecular weight is 340 g/mol. The average Bonchev–Trinajstić information content (AvgIpc) is 3.17. The summed E-state index contributed by atoms with van der Waals surface area (Å²) in [5.41, 5.74) is 1.62. The van der Waals surface area contributed by atoms with Gasteiger partial charge in [-0.15, -0.1) is 11.8 Å². The normalized spacial score (nSPS) is 22.9. The van der Waals surface area contributed by atoms with Crippen molar-refractivity contribution >= 4 is 29.4 Å². The molecule has 3 amide bonds. The number of hydrogen-bond donors (Lipinski definition) is 0. The van der Waals surface area contributed by atoms with E-state index in [0.29, 0.717) is 17.2 Å². The summed E-state index contributed by atoms with van der Waals surface area (Å²) in [6, 6.07) is 16.2. The summed E-state index contributed by atoms with van der Waals surface area (Å²) >= 11 is 1.64. The molecule has 2 unspecified atom stereocenters. The molecule has 6 heteroatoms. The fourth-order valence-electron chi connectivity index (χ4n) is 3.13. The summed E-state index contributed by atoms with van der Waals surface area (Å²) < 4.78 is 5.13. The highest BCUT2D eigenvalue weighted by Gasteiger charge is 2.53. The van der Waals surface area contributed by atoms with E-state index in [4.69, 9.17) is 4.74 Å². The molecule has 0 N–H and O–H groups in total. The van der Waals surface area contributed by atoms with Gasteiger partial charge < -0.3 is 4.74 Å². The van der Waals surface area contributed by atoms with Crippen molar-refractivity contribution in [1.29, 1.82) is 0 Å². The van der Waals surface area contributed by atoms with Crippen LogP contribution in [0.25, 0.3) is 0 Å². The van der Waals surface area contributed by atoms with Crippen LogP contribution in [0.1, 0.15) is 10.9 Å². The summed E-state index contributed by atoms with van der Waals surface area (Å²) in [5.74, 6) is 1.16. The van der Waals surface area contributed by atoms with E-state index < -0.39 is 6.04 Å². The van der Waals surface area contributed by atoms with Gasteiger partial charge in [-0.25, -0.2) is 9.69 Å². The molecule has 2 atom stereocenters. The SMILES string of the molecule is COc1ccc(N2C(=O)C3CSC(c4ccccc4)N3C2=O)cc1. The molecule has 2 heterocycles. The van der Waals surface area contributed by atoms with Crippen LogP contribution in [0.15, 0.2) is 54.6 Å². The van der Waals surface area contributed by atoms with Crippen molar-refractivity contribution in [2.24, 2.45) is 0 Å². The molecule has 4 rings (SSSR count). The molecule has 2 aromatic rings. The number of carbonyl (C=O) groups is 2. The number of hydrogen-bond acceptors (Lipinski definition) is 4. The predicted octanol–water partition coefficient (Wildman–Crippen LogP) is 3.28. The number of benzene rings is 2. The standard InChI is InChI=1S/C18H16N2O3S/c1-23-14-9-7-13(8-10-14)19-16(21)15-11-24-17(20(15)18(19)22)12-5-3-2-4-6-12/h2-10,15,17H,11H2,1H3. The topological polar surface area (TPSA) is 49.9 Å². The van der Waals surface area contributed by atoms with Crippen molar-refractivity contribution in [1.82, 2.24) is 4.90 Å². The third-order valence-corrected chi connectivity index (χ3v) is 5.66. The Labute approximate surface area is 144 Å². The van der Waals surface area contributed by atoms with Crippen LogP contribution in [0.5, 0.6) is 5.75 Å². The van der Waals surface area contributed by atoms with Gasteiger partial charge in [0.1, 0.15) is 17.2 Å². The monoisotopic (exact) mass is 340 g/mol. The van der Waals surface area contributed by atoms with Crippen LogP contribution in [0.3, 0.4) is 0 Å². The van der Waals surface area contributed by atoms with E-state index in [1.165, 1.54) is 4.90 Å². The van der Waals surface area contributed by atoms with Gasteiger partial charge in [-0.05, 0) is 29.8 Å². The zero-order valence-electron chi connectivity index (χ0n) is 13.1.